The number of aromatic nitrogens is 3. The van der Waals surface area contributed by atoms with Crippen LogP contribution in [0, 0.1) is 5.82 Å². The van der Waals surface area contributed by atoms with Gasteiger partial charge in [-0.25, -0.2) is 17.8 Å². The Labute approximate surface area is 148 Å². The van der Waals surface area contributed by atoms with Crippen molar-refractivity contribution in [3.63, 3.8) is 0 Å². The van der Waals surface area contributed by atoms with Gasteiger partial charge in [-0.1, -0.05) is 23.9 Å². The third-order valence-corrected chi connectivity index (χ3v) is 6.65. The van der Waals surface area contributed by atoms with Crippen molar-refractivity contribution in [1.82, 2.24) is 20.1 Å². The SMILES string of the molecule is CN(C(=O)CSc1n[nH]c(-c2ccccc2F)n1)[C@@H]1CCS(=O)(=O)C1. The van der Waals surface area contributed by atoms with Crippen molar-refractivity contribution in [1.29, 1.82) is 0 Å². The molecule has 0 spiro atoms. The van der Waals surface area contributed by atoms with Crippen LogP contribution in [0.5, 0.6) is 0 Å². The van der Waals surface area contributed by atoms with Crippen molar-refractivity contribution in [2.24, 2.45) is 0 Å². The number of H-pyrrole nitrogens is 1. The molecule has 1 saturated heterocycles. The van der Waals surface area contributed by atoms with Crippen molar-refractivity contribution in [3.05, 3.63) is 30.1 Å². The highest BCUT2D eigenvalue weighted by Crippen LogP contribution is 2.22. The zero-order chi connectivity index (χ0) is 18.0. The first kappa shape index (κ1) is 17.9. The van der Waals surface area contributed by atoms with Gasteiger partial charge in [0, 0.05) is 13.1 Å². The third kappa shape index (κ3) is 4.18. The molecular weight excluding hydrogens is 367 g/mol. The minimum Gasteiger partial charge on any atom is -0.341 e. The number of thioether (sulfide) groups is 1. The van der Waals surface area contributed by atoms with Crippen LogP contribution < -0.4 is 0 Å². The van der Waals surface area contributed by atoms with Crippen molar-refractivity contribution in [3.8, 4) is 11.4 Å². The van der Waals surface area contributed by atoms with Gasteiger partial charge in [0.1, 0.15) is 5.82 Å². The summed E-state index contributed by atoms with van der Waals surface area (Å²) in [7, 11) is -1.43. The van der Waals surface area contributed by atoms with Crippen LogP contribution in [0.3, 0.4) is 0 Å². The Morgan fingerprint density at radius 2 is 2.20 bits per heavy atom. The number of sulfone groups is 1. The fourth-order valence-electron chi connectivity index (χ4n) is 2.60. The maximum Gasteiger partial charge on any atom is 0.233 e. The lowest BCUT2D eigenvalue weighted by atomic mass is 10.2. The Morgan fingerprint density at radius 1 is 1.44 bits per heavy atom. The molecule has 0 bridgehead atoms. The normalized spacial score (nSPS) is 19.0. The summed E-state index contributed by atoms with van der Waals surface area (Å²) in [6, 6.07) is 5.92. The number of aromatic amines is 1. The van der Waals surface area contributed by atoms with Crippen LogP contribution in [-0.4, -0.2) is 64.8 Å². The van der Waals surface area contributed by atoms with E-state index in [1.165, 1.54) is 11.0 Å². The lowest BCUT2D eigenvalue weighted by molar-refractivity contribution is -0.128. The van der Waals surface area contributed by atoms with Crippen LogP contribution in [0.1, 0.15) is 6.42 Å². The molecule has 10 heteroatoms. The molecule has 0 radical (unpaired) electrons. The Bertz CT molecular complexity index is 884. The van der Waals surface area contributed by atoms with Gasteiger partial charge in [0.15, 0.2) is 15.7 Å². The molecule has 134 valence electrons. The van der Waals surface area contributed by atoms with E-state index in [2.05, 4.69) is 15.2 Å². The minimum atomic E-state index is -3.04. The van der Waals surface area contributed by atoms with Crippen LogP contribution in [0.25, 0.3) is 11.4 Å². The van der Waals surface area contributed by atoms with Crippen molar-refractivity contribution in [2.75, 3.05) is 24.3 Å². The maximum atomic E-state index is 13.7. The van der Waals surface area contributed by atoms with E-state index in [9.17, 15) is 17.6 Å². The lowest BCUT2D eigenvalue weighted by Gasteiger charge is -2.22. The number of carbonyl (C=O) groups excluding carboxylic acids is 1. The molecule has 1 aromatic heterocycles. The van der Waals surface area contributed by atoms with Crippen LogP contribution in [-0.2, 0) is 14.6 Å². The second kappa shape index (κ2) is 7.12. The Balaban J connectivity index is 1.59. The highest BCUT2D eigenvalue weighted by molar-refractivity contribution is 7.99. The molecule has 1 aliphatic rings. The van der Waals surface area contributed by atoms with Gasteiger partial charge in [-0.05, 0) is 18.6 Å². The molecule has 25 heavy (non-hydrogen) atoms. The Morgan fingerprint density at radius 3 is 2.88 bits per heavy atom. The predicted octanol–water partition coefficient (Wildman–Crippen LogP) is 1.35. The molecule has 1 N–H and O–H groups in total. The van der Waals surface area contributed by atoms with Crippen LogP contribution in [0.4, 0.5) is 4.39 Å². The number of nitrogens with zero attached hydrogens (tertiary/aromatic N) is 3. The molecule has 2 heterocycles. The van der Waals surface area contributed by atoms with Crippen LogP contribution in [0.2, 0.25) is 0 Å². The van der Waals surface area contributed by atoms with Crippen molar-refractivity contribution in [2.45, 2.75) is 17.6 Å². The first-order chi connectivity index (χ1) is 11.9. The molecule has 1 amide bonds. The Kier molecular flexibility index (Phi) is 5.09. The van der Waals surface area contributed by atoms with E-state index >= 15 is 0 Å². The monoisotopic (exact) mass is 384 g/mol. The summed E-state index contributed by atoms with van der Waals surface area (Å²) in [5, 5.41) is 6.97. The quantitative estimate of drug-likeness (QED) is 0.782. The molecule has 0 saturated carbocycles. The molecule has 1 fully saturated rings. The number of hydrogen-bond acceptors (Lipinski definition) is 6. The Hall–Kier alpha value is -1.94. The van der Waals surface area contributed by atoms with E-state index in [-0.39, 0.29) is 29.2 Å². The molecule has 2 aromatic rings. The van der Waals surface area contributed by atoms with E-state index in [0.29, 0.717) is 23.0 Å². The van der Waals surface area contributed by atoms with Gasteiger partial charge < -0.3 is 4.90 Å². The lowest BCUT2D eigenvalue weighted by Crippen LogP contribution is -2.38. The van der Waals surface area contributed by atoms with Gasteiger partial charge in [-0.3, -0.25) is 9.89 Å². The zero-order valence-corrected chi connectivity index (χ0v) is 15.1. The first-order valence-corrected chi connectivity index (χ1v) is 10.4. The summed E-state index contributed by atoms with van der Waals surface area (Å²) in [4.78, 5) is 17.9. The number of carbonyl (C=O) groups is 1. The summed E-state index contributed by atoms with van der Waals surface area (Å²) in [6.07, 6.45) is 0.466. The summed E-state index contributed by atoms with van der Waals surface area (Å²) < 4.78 is 36.8. The zero-order valence-electron chi connectivity index (χ0n) is 13.5. The third-order valence-electron chi connectivity index (χ3n) is 4.07. The number of benzene rings is 1. The number of hydrogen-bond donors (Lipinski definition) is 1. The average molecular weight is 384 g/mol. The fourth-order valence-corrected chi connectivity index (χ4v) is 5.09. The highest BCUT2D eigenvalue weighted by Gasteiger charge is 2.32. The van der Waals surface area contributed by atoms with Crippen molar-refractivity contribution < 1.29 is 17.6 Å². The van der Waals surface area contributed by atoms with Gasteiger partial charge in [-0.15, -0.1) is 5.10 Å². The highest BCUT2D eigenvalue weighted by atomic mass is 32.2. The first-order valence-electron chi connectivity index (χ1n) is 7.62. The molecular formula is C15H17FN4O3S2. The van der Waals surface area contributed by atoms with Gasteiger partial charge >= 0.3 is 0 Å². The number of amides is 1. The fraction of sp³-hybridized carbons (Fsp3) is 0.400. The summed E-state index contributed by atoms with van der Waals surface area (Å²) in [5.74, 6) is -0.0873. The van der Waals surface area contributed by atoms with Crippen LogP contribution >= 0.6 is 11.8 Å². The molecule has 0 unspecified atom stereocenters. The minimum absolute atomic E-state index is 0.0119. The van der Waals surface area contributed by atoms with E-state index in [0.717, 1.165) is 11.8 Å². The van der Waals surface area contributed by atoms with Gasteiger partial charge in [-0.2, -0.15) is 0 Å². The number of halogens is 1. The van der Waals surface area contributed by atoms with Gasteiger partial charge in [0.2, 0.25) is 11.1 Å². The van der Waals surface area contributed by atoms with Gasteiger partial charge in [0.25, 0.3) is 0 Å². The summed E-state index contributed by atoms with van der Waals surface area (Å²) in [6.45, 7) is 0. The van der Waals surface area contributed by atoms with E-state index < -0.39 is 15.7 Å². The van der Waals surface area contributed by atoms with E-state index in [4.69, 9.17) is 0 Å². The second-order valence-corrected chi connectivity index (χ2v) is 8.97. The molecule has 3 rings (SSSR count). The molecule has 0 aliphatic carbocycles. The summed E-state index contributed by atoms with van der Waals surface area (Å²) in [5.41, 5.74) is 0.307. The van der Waals surface area contributed by atoms with Crippen molar-refractivity contribution >= 4 is 27.5 Å². The smallest absolute Gasteiger partial charge is 0.233 e. The van der Waals surface area contributed by atoms with Crippen LogP contribution in [0.15, 0.2) is 29.4 Å². The number of rotatable bonds is 5. The molecule has 1 atom stereocenters. The maximum absolute atomic E-state index is 13.7. The molecule has 1 aromatic carbocycles. The standard InChI is InChI=1S/C15H17FN4O3S2/c1-20(10-6-7-25(22,23)9-10)13(21)8-24-15-17-14(18-19-15)11-4-2-3-5-12(11)16/h2-5,10H,6-9H2,1H3,(H,17,18,19)/t10-/m1/s1. The molecule has 7 nitrogen and oxygen atoms in total. The largest absolute Gasteiger partial charge is 0.341 e. The van der Waals surface area contributed by atoms with E-state index in [1.807, 2.05) is 0 Å². The predicted molar refractivity (Wildman–Crippen MR) is 92.3 cm³/mol. The average Bonchev–Trinajstić information content (AvgIpc) is 3.18. The van der Waals surface area contributed by atoms with E-state index in [1.54, 1.807) is 25.2 Å². The topological polar surface area (TPSA) is 96.0 Å². The molecule has 1 aliphatic heterocycles. The second-order valence-electron chi connectivity index (χ2n) is 5.80. The number of nitrogens with one attached hydrogen (secondary N) is 1. The van der Waals surface area contributed by atoms with Gasteiger partial charge in [0.05, 0.1) is 22.8 Å². The summed E-state index contributed by atoms with van der Waals surface area (Å²) >= 11 is 1.12.